The highest BCUT2D eigenvalue weighted by Crippen LogP contribution is 2.17. The third-order valence-corrected chi connectivity index (χ3v) is 6.04. The molecule has 10 heteroatoms. The van der Waals surface area contributed by atoms with Crippen molar-refractivity contribution >= 4 is 26.0 Å². The lowest BCUT2D eigenvalue weighted by Gasteiger charge is -2.19. The minimum atomic E-state index is -3.99. The molecular weight excluding hydrogens is 268 g/mol. The number of nitrogens with zero attached hydrogens (tertiary/aromatic N) is 4. The highest BCUT2D eigenvalue weighted by Gasteiger charge is 2.33. The molecule has 17 heavy (non-hydrogen) atoms. The van der Waals surface area contributed by atoms with E-state index in [-0.39, 0.29) is 15.2 Å². The molecule has 96 valence electrons. The number of anilines is 1. The molecule has 0 radical (unpaired) electrons. The maximum Gasteiger partial charge on any atom is 0.256 e. The van der Waals surface area contributed by atoms with Crippen LogP contribution in [-0.2, 0) is 20.0 Å². The zero-order valence-electron chi connectivity index (χ0n) is 9.31. The van der Waals surface area contributed by atoms with E-state index in [0.717, 1.165) is 12.7 Å². The predicted octanol–water partition coefficient (Wildman–Crippen LogP) is -0.623. The average Bonchev–Trinajstić information content (AvgIpc) is 2.30. The molecule has 1 aromatic rings. The van der Waals surface area contributed by atoms with E-state index in [9.17, 15) is 16.8 Å². The van der Waals surface area contributed by atoms with Gasteiger partial charge in [-0.1, -0.05) is 0 Å². The molecule has 1 aromatic heterocycles. The first-order valence-corrected chi connectivity index (χ1v) is 7.95. The second-order valence-electron chi connectivity index (χ2n) is 2.94. The van der Waals surface area contributed by atoms with E-state index in [1.54, 1.807) is 0 Å². The van der Waals surface area contributed by atoms with Crippen LogP contribution in [0.4, 0.5) is 5.95 Å². The van der Waals surface area contributed by atoms with Gasteiger partial charge >= 0.3 is 0 Å². The molecule has 0 aromatic carbocycles. The quantitative estimate of drug-likeness (QED) is 0.706. The number of sulfonamides is 2. The number of hydrogen-bond acceptors (Lipinski definition) is 7. The van der Waals surface area contributed by atoms with Crippen LogP contribution in [0.2, 0.25) is 0 Å². The Kier molecular flexibility index (Phi) is 3.98. The van der Waals surface area contributed by atoms with E-state index in [2.05, 4.69) is 15.0 Å². The van der Waals surface area contributed by atoms with Crippen LogP contribution in [-0.4, -0.2) is 43.3 Å². The third kappa shape index (κ3) is 2.88. The van der Waals surface area contributed by atoms with Crippen molar-refractivity contribution in [2.24, 2.45) is 0 Å². The van der Waals surface area contributed by atoms with Gasteiger partial charge in [-0.2, -0.15) is 9.97 Å². The molecule has 0 atom stereocenters. The summed E-state index contributed by atoms with van der Waals surface area (Å²) >= 11 is 0. The molecule has 0 bridgehead atoms. The largest absolute Gasteiger partial charge is 0.256 e. The molecule has 0 spiro atoms. The van der Waals surface area contributed by atoms with Gasteiger partial charge < -0.3 is 0 Å². The number of rotatable bonds is 5. The van der Waals surface area contributed by atoms with Gasteiger partial charge in [0.25, 0.3) is 26.0 Å². The lowest BCUT2D eigenvalue weighted by atomic mass is 11.0. The Morgan fingerprint density at radius 2 is 1.41 bits per heavy atom. The lowest BCUT2D eigenvalue weighted by Crippen LogP contribution is -2.40. The molecule has 1 rings (SSSR count). The first kappa shape index (κ1) is 13.8. The fraction of sp³-hybridized carbons (Fsp3) is 0.571. The molecule has 0 aliphatic heterocycles. The van der Waals surface area contributed by atoms with Gasteiger partial charge in [-0.15, -0.1) is 3.71 Å². The van der Waals surface area contributed by atoms with Gasteiger partial charge in [0.05, 0.1) is 11.5 Å². The molecule has 0 saturated heterocycles. The van der Waals surface area contributed by atoms with E-state index in [1.165, 1.54) is 13.8 Å². The van der Waals surface area contributed by atoms with Gasteiger partial charge in [0, 0.05) is 0 Å². The first-order chi connectivity index (χ1) is 7.85. The van der Waals surface area contributed by atoms with Crippen LogP contribution in [0.5, 0.6) is 0 Å². The van der Waals surface area contributed by atoms with E-state index >= 15 is 0 Å². The van der Waals surface area contributed by atoms with Crippen molar-refractivity contribution in [1.29, 1.82) is 0 Å². The van der Waals surface area contributed by atoms with Crippen molar-refractivity contribution in [3.05, 3.63) is 12.7 Å². The second kappa shape index (κ2) is 4.92. The monoisotopic (exact) mass is 280 g/mol. The number of aromatic nitrogens is 3. The highest BCUT2D eigenvalue weighted by atomic mass is 32.3. The van der Waals surface area contributed by atoms with Crippen molar-refractivity contribution in [2.75, 3.05) is 15.2 Å². The van der Waals surface area contributed by atoms with E-state index in [1.807, 2.05) is 0 Å². The summed E-state index contributed by atoms with van der Waals surface area (Å²) in [6.45, 7) is 2.68. The molecule has 1 heterocycles. The summed E-state index contributed by atoms with van der Waals surface area (Å²) in [7, 11) is -7.98. The van der Waals surface area contributed by atoms with Crippen molar-refractivity contribution in [3.63, 3.8) is 0 Å². The van der Waals surface area contributed by atoms with Gasteiger partial charge in [-0.3, -0.25) is 0 Å². The van der Waals surface area contributed by atoms with Gasteiger partial charge in [-0.25, -0.2) is 21.8 Å². The molecule has 0 aliphatic rings. The summed E-state index contributed by atoms with van der Waals surface area (Å²) in [5, 5.41) is 0. The molecule has 0 fully saturated rings. The zero-order valence-corrected chi connectivity index (χ0v) is 10.9. The maximum absolute atomic E-state index is 11.8. The van der Waals surface area contributed by atoms with Crippen molar-refractivity contribution in [2.45, 2.75) is 13.8 Å². The van der Waals surface area contributed by atoms with Gasteiger partial charge in [0.2, 0.25) is 0 Å². The van der Waals surface area contributed by atoms with Crippen LogP contribution in [0.3, 0.4) is 0 Å². The Morgan fingerprint density at radius 1 is 1.00 bits per heavy atom. The molecule has 0 unspecified atom stereocenters. The molecule has 8 nitrogen and oxygen atoms in total. The van der Waals surface area contributed by atoms with Crippen LogP contribution in [0.15, 0.2) is 12.7 Å². The van der Waals surface area contributed by atoms with E-state index in [0.29, 0.717) is 0 Å². The normalized spacial score (nSPS) is 12.4. The first-order valence-electron chi connectivity index (χ1n) is 4.73. The van der Waals surface area contributed by atoms with Crippen LogP contribution in [0, 0.1) is 0 Å². The van der Waals surface area contributed by atoms with Crippen LogP contribution < -0.4 is 3.71 Å². The molecule has 0 aliphatic carbocycles. The highest BCUT2D eigenvalue weighted by molar-refractivity contribution is 8.10. The minimum absolute atomic E-state index is 0.252. The summed E-state index contributed by atoms with van der Waals surface area (Å²) in [6, 6.07) is 0. The van der Waals surface area contributed by atoms with E-state index in [4.69, 9.17) is 0 Å². The smallest absolute Gasteiger partial charge is 0.225 e. The Hall–Kier alpha value is -1.29. The third-order valence-electron chi connectivity index (χ3n) is 1.88. The SMILES string of the molecule is CCS(=O)(=O)N(c1ncncn1)S(=O)(=O)CC. The van der Waals surface area contributed by atoms with Crippen molar-refractivity contribution in [3.8, 4) is 0 Å². The molecule has 0 saturated carbocycles. The van der Waals surface area contributed by atoms with Gasteiger partial charge in [-0.05, 0) is 13.8 Å². The van der Waals surface area contributed by atoms with Gasteiger partial charge in [0.1, 0.15) is 12.7 Å². The predicted molar refractivity (Wildman–Crippen MR) is 61.2 cm³/mol. The van der Waals surface area contributed by atoms with Gasteiger partial charge in [0.15, 0.2) is 0 Å². The fourth-order valence-electron chi connectivity index (χ4n) is 0.984. The summed E-state index contributed by atoms with van der Waals surface area (Å²) in [4.78, 5) is 10.6. The lowest BCUT2D eigenvalue weighted by molar-refractivity contribution is 0.584. The Bertz CT molecular complexity index is 535. The second-order valence-corrected chi connectivity index (χ2v) is 7.38. The Balaban J connectivity index is 3.44. The Labute approximate surface area is 99.8 Å². The minimum Gasteiger partial charge on any atom is -0.225 e. The van der Waals surface area contributed by atoms with Crippen LogP contribution in [0.1, 0.15) is 13.8 Å². The standard InChI is InChI=1S/C7H12N4O4S2/c1-3-16(12,13)11(17(14,15)4-2)7-9-5-8-6-10-7/h5-6H,3-4H2,1-2H3. The summed E-state index contributed by atoms with van der Waals surface area (Å²) < 4.78 is 47.3. The molecule has 0 amide bonds. The summed E-state index contributed by atoms with van der Waals surface area (Å²) in [6.07, 6.45) is 2.07. The molecule has 0 N–H and O–H groups in total. The van der Waals surface area contributed by atoms with Crippen LogP contribution >= 0.6 is 0 Å². The summed E-state index contributed by atoms with van der Waals surface area (Å²) in [5.74, 6) is -1.14. The van der Waals surface area contributed by atoms with E-state index < -0.39 is 26.0 Å². The van der Waals surface area contributed by atoms with Crippen molar-refractivity contribution in [1.82, 2.24) is 15.0 Å². The van der Waals surface area contributed by atoms with Crippen LogP contribution in [0.25, 0.3) is 0 Å². The zero-order chi connectivity index (χ0) is 13.1. The molecular formula is C7H12N4O4S2. The van der Waals surface area contributed by atoms with Crippen molar-refractivity contribution < 1.29 is 16.8 Å². The Morgan fingerprint density at radius 3 is 1.76 bits per heavy atom. The number of hydrogen-bond donors (Lipinski definition) is 0. The topological polar surface area (TPSA) is 110 Å². The maximum atomic E-state index is 11.8. The fourth-order valence-corrected chi connectivity index (χ4v) is 4.16. The summed E-state index contributed by atoms with van der Waals surface area (Å²) in [5.41, 5.74) is 0. The average molecular weight is 280 g/mol.